The lowest BCUT2D eigenvalue weighted by Gasteiger charge is -2.20. The van der Waals surface area contributed by atoms with Crippen LogP contribution in [0.25, 0.3) is 0 Å². The Balaban J connectivity index is 3.84. The van der Waals surface area contributed by atoms with Crippen molar-refractivity contribution >= 4 is 6.47 Å². The molecule has 0 spiro atoms. The fourth-order valence-electron chi connectivity index (χ4n) is 1.94. The lowest BCUT2D eigenvalue weighted by Crippen LogP contribution is -2.16. The van der Waals surface area contributed by atoms with Crippen molar-refractivity contribution in [3.63, 3.8) is 0 Å². The molecule has 0 aromatic carbocycles. The van der Waals surface area contributed by atoms with Crippen molar-refractivity contribution in [1.82, 2.24) is 0 Å². The summed E-state index contributed by atoms with van der Waals surface area (Å²) in [6, 6.07) is 0. The summed E-state index contributed by atoms with van der Waals surface area (Å²) in [5.41, 5.74) is 0. The fraction of sp³-hybridized carbons (Fsp3) is 0.923. The molecule has 2 nitrogen and oxygen atoms in total. The molecule has 0 aliphatic heterocycles. The van der Waals surface area contributed by atoms with Crippen LogP contribution in [0.2, 0.25) is 0 Å². The van der Waals surface area contributed by atoms with Crippen LogP contribution in [0.1, 0.15) is 65.7 Å². The number of carbonyl (C=O) groups is 1. The molecule has 15 heavy (non-hydrogen) atoms. The molecule has 0 radical (unpaired) electrons. The first-order valence-electron chi connectivity index (χ1n) is 6.37. The van der Waals surface area contributed by atoms with Crippen molar-refractivity contribution < 1.29 is 9.53 Å². The summed E-state index contributed by atoms with van der Waals surface area (Å²) in [5.74, 6) is 0.705. The second kappa shape index (κ2) is 10.0. The minimum atomic E-state index is 0.152. The predicted octanol–water partition coefficient (Wildman–Crippen LogP) is 3.93. The highest BCUT2D eigenvalue weighted by Gasteiger charge is 2.14. The third-order valence-corrected chi connectivity index (χ3v) is 3.13. The van der Waals surface area contributed by atoms with Crippen molar-refractivity contribution in [1.29, 1.82) is 0 Å². The van der Waals surface area contributed by atoms with Crippen LogP contribution >= 0.6 is 0 Å². The summed E-state index contributed by atoms with van der Waals surface area (Å²) >= 11 is 0. The van der Waals surface area contributed by atoms with E-state index in [1.165, 1.54) is 32.1 Å². The van der Waals surface area contributed by atoms with Crippen molar-refractivity contribution in [3.05, 3.63) is 0 Å². The minimum Gasteiger partial charge on any atom is -0.465 e. The average Bonchev–Trinajstić information content (AvgIpc) is 2.26. The fourth-order valence-corrected chi connectivity index (χ4v) is 1.94. The van der Waals surface area contributed by atoms with Crippen LogP contribution in [0, 0.1) is 5.92 Å². The van der Waals surface area contributed by atoms with Crippen LogP contribution in [0.4, 0.5) is 0 Å². The largest absolute Gasteiger partial charge is 0.465 e. The number of rotatable bonds is 10. The summed E-state index contributed by atoms with van der Waals surface area (Å²) in [5, 5.41) is 0. The molecule has 0 heterocycles. The maximum Gasteiger partial charge on any atom is 0.293 e. The lowest BCUT2D eigenvalue weighted by molar-refractivity contribution is -0.134. The zero-order chi connectivity index (χ0) is 11.5. The van der Waals surface area contributed by atoms with Crippen LogP contribution in [0.3, 0.4) is 0 Å². The van der Waals surface area contributed by atoms with E-state index in [1.54, 1.807) is 0 Å². The van der Waals surface area contributed by atoms with E-state index in [1.807, 2.05) is 0 Å². The first-order valence-corrected chi connectivity index (χ1v) is 6.37. The molecule has 0 aromatic rings. The molecule has 0 saturated heterocycles. The van der Waals surface area contributed by atoms with Crippen LogP contribution in [0.15, 0.2) is 0 Å². The van der Waals surface area contributed by atoms with Gasteiger partial charge in [-0.25, -0.2) is 0 Å². The van der Waals surface area contributed by atoms with Gasteiger partial charge in [-0.2, -0.15) is 0 Å². The standard InChI is InChI=1S/C13H26O2/c1-4-7-8-9-13(15-11-14)10-12(5-2)6-3/h11-13H,4-10H2,1-3H3. The summed E-state index contributed by atoms with van der Waals surface area (Å²) in [4.78, 5) is 10.4. The van der Waals surface area contributed by atoms with Crippen LogP contribution in [-0.2, 0) is 9.53 Å². The van der Waals surface area contributed by atoms with Crippen LogP contribution in [0.5, 0.6) is 0 Å². The molecule has 0 aliphatic carbocycles. The van der Waals surface area contributed by atoms with Crippen LogP contribution in [-0.4, -0.2) is 12.6 Å². The van der Waals surface area contributed by atoms with Gasteiger partial charge in [0.1, 0.15) is 6.10 Å². The Morgan fingerprint density at radius 3 is 2.27 bits per heavy atom. The number of hydrogen-bond acceptors (Lipinski definition) is 2. The van der Waals surface area contributed by atoms with Gasteiger partial charge < -0.3 is 4.74 Å². The Hall–Kier alpha value is -0.530. The van der Waals surface area contributed by atoms with Gasteiger partial charge in [-0.05, 0) is 25.2 Å². The molecule has 0 N–H and O–H groups in total. The van der Waals surface area contributed by atoms with E-state index in [-0.39, 0.29) is 6.10 Å². The maximum atomic E-state index is 10.4. The van der Waals surface area contributed by atoms with Crippen molar-refractivity contribution in [2.75, 3.05) is 0 Å². The van der Waals surface area contributed by atoms with Gasteiger partial charge in [-0.3, -0.25) is 4.79 Å². The zero-order valence-electron chi connectivity index (χ0n) is 10.5. The second-order valence-corrected chi connectivity index (χ2v) is 4.27. The molecular formula is C13H26O2. The van der Waals surface area contributed by atoms with E-state index in [2.05, 4.69) is 20.8 Å². The molecule has 90 valence electrons. The number of ether oxygens (including phenoxy) is 1. The molecule has 0 bridgehead atoms. The molecule has 0 rings (SSSR count). The van der Waals surface area contributed by atoms with Gasteiger partial charge in [-0.15, -0.1) is 0 Å². The van der Waals surface area contributed by atoms with Crippen molar-refractivity contribution in [3.8, 4) is 0 Å². The van der Waals surface area contributed by atoms with E-state index in [0.29, 0.717) is 12.4 Å². The molecule has 0 aliphatic rings. The predicted molar refractivity (Wildman–Crippen MR) is 63.8 cm³/mol. The SMILES string of the molecule is CCCCCC(CC(CC)CC)OC=O. The monoisotopic (exact) mass is 214 g/mol. The first kappa shape index (κ1) is 14.5. The molecule has 0 fully saturated rings. The minimum absolute atomic E-state index is 0.152. The van der Waals surface area contributed by atoms with E-state index >= 15 is 0 Å². The Labute approximate surface area is 94.4 Å². The average molecular weight is 214 g/mol. The highest BCUT2D eigenvalue weighted by Crippen LogP contribution is 2.20. The zero-order valence-corrected chi connectivity index (χ0v) is 10.5. The first-order chi connectivity index (χ1) is 7.28. The molecule has 1 unspecified atom stereocenters. The molecule has 0 amide bonds. The van der Waals surface area contributed by atoms with Gasteiger partial charge in [0.15, 0.2) is 0 Å². The van der Waals surface area contributed by atoms with Gasteiger partial charge in [0.05, 0.1) is 0 Å². The molecule has 0 saturated carbocycles. The smallest absolute Gasteiger partial charge is 0.293 e. The normalized spacial score (nSPS) is 12.8. The van der Waals surface area contributed by atoms with Crippen LogP contribution < -0.4 is 0 Å². The molecule has 2 heteroatoms. The van der Waals surface area contributed by atoms with Gasteiger partial charge in [0, 0.05) is 0 Å². The van der Waals surface area contributed by atoms with E-state index in [9.17, 15) is 4.79 Å². The quantitative estimate of drug-likeness (QED) is 0.407. The van der Waals surface area contributed by atoms with Crippen molar-refractivity contribution in [2.45, 2.75) is 71.8 Å². The Kier molecular flexibility index (Phi) is 9.65. The Morgan fingerprint density at radius 2 is 1.80 bits per heavy atom. The Morgan fingerprint density at radius 1 is 1.13 bits per heavy atom. The summed E-state index contributed by atoms with van der Waals surface area (Å²) in [6.45, 7) is 7.21. The molecular weight excluding hydrogens is 188 g/mol. The van der Waals surface area contributed by atoms with Gasteiger partial charge in [0.2, 0.25) is 0 Å². The van der Waals surface area contributed by atoms with Gasteiger partial charge in [-0.1, -0.05) is 46.5 Å². The number of hydrogen-bond donors (Lipinski definition) is 0. The van der Waals surface area contributed by atoms with E-state index in [0.717, 1.165) is 12.8 Å². The summed E-state index contributed by atoms with van der Waals surface area (Å²) < 4.78 is 5.14. The third-order valence-electron chi connectivity index (χ3n) is 3.13. The lowest BCUT2D eigenvalue weighted by atomic mass is 9.94. The van der Waals surface area contributed by atoms with E-state index in [4.69, 9.17) is 4.74 Å². The molecule has 0 aromatic heterocycles. The molecule has 1 atom stereocenters. The van der Waals surface area contributed by atoms with Gasteiger partial charge >= 0.3 is 0 Å². The number of carbonyl (C=O) groups excluding carboxylic acids is 1. The highest BCUT2D eigenvalue weighted by atomic mass is 16.5. The summed E-state index contributed by atoms with van der Waals surface area (Å²) in [7, 11) is 0. The maximum absolute atomic E-state index is 10.4. The second-order valence-electron chi connectivity index (χ2n) is 4.27. The summed E-state index contributed by atoms with van der Waals surface area (Å²) in [6.07, 6.45) is 8.22. The number of unbranched alkanes of at least 4 members (excludes halogenated alkanes) is 2. The Bertz CT molecular complexity index is 141. The third kappa shape index (κ3) is 7.40. The van der Waals surface area contributed by atoms with E-state index < -0.39 is 0 Å². The van der Waals surface area contributed by atoms with Crippen molar-refractivity contribution in [2.24, 2.45) is 5.92 Å². The highest BCUT2D eigenvalue weighted by molar-refractivity contribution is 5.37. The van der Waals surface area contributed by atoms with Gasteiger partial charge in [0.25, 0.3) is 6.47 Å². The topological polar surface area (TPSA) is 26.3 Å².